The second kappa shape index (κ2) is 10.4. The maximum atomic E-state index is 12.4. The maximum Gasteiger partial charge on any atom is 0.307 e. The molecule has 0 spiro atoms. The highest BCUT2D eigenvalue weighted by Gasteiger charge is 2.21. The number of amides is 1. The number of ether oxygens (including phenoxy) is 2. The van der Waals surface area contributed by atoms with Gasteiger partial charge in [0.25, 0.3) is 5.91 Å². The van der Waals surface area contributed by atoms with E-state index in [0.717, 1.165) is 6.42 Å². The largest absolute Gasteiger partial charge is 0.482 e. The summed E-state index contributed by atoms with van der Waals surface area (Å²) < 4.78 is 10.4. The molecule has 0 saturated carbocycles. The van der Waals surface area contributed by atoms with Gasteiger partial charge in [0.1, 0.15) is 5.75 Å². The molecule has 0 N–H and O–H groups in total. The molecule has 1 rings (SSSR count). The summed E-state index contributed by atoms with van der Waals surface area (Å²) in [5.74, 6) is -0.135. The first-order valence-electron chi connectivity index (χ1n) is 7.91. The Balaban J connectivity index is 2.65. The van der Waals surface area contributed by atoms with Crippen molar-refractivity contribution < 1.29 is 19.1 Å². The van der Waals surface area contributed by atoms with Crippen LogP contribution < -0.4 is 4.74 Å². The van der Waals surface area contributed by atoms with Gasteiger partial charge in [-0.1, -0.05) is 30.1 Å². The first-order valence-corrected chi connectivity index (χ1v) is 8.67. The van der Waals surface area contributed by atoms with E-state index in [1.165, 1.54) is 0 Å². The van der Waals surface area contributed by atoms with Crippen molar-refractivity contribution in [2.45, 2.75) is 39.7 Å². The third kappa shape index (κ3) is 6.57. The fourth-order valence-corrected chi connectivity index (χ4v) is 2.53. The van der Waals surface area contributed by atoms with Crippen molar-refractivity contribution in [1.29, 1.82) is 0 Å². The number of carbonyl (C=O) groups is 2. The van der Waals surface area contributed by atoms with Crippen LogP contribution in [-0.4, -0.2) is 42.6 Å². The van der Waals surface area contributed by atoms with Gasteiger partial charge >= 0.3 is 5.97 Å². The number of hydrogen-bond acceptors (Lipinski definition) is 4. The van der Waals surface area contributed by atoms with Gasteiger partial charge in [0.15, 0.2) is 6.61 Å². The summed E-state index contributed by atoms with van der Waals surface area (Å²) in [5.41, 5.74) is 0. The smallest absolute Gasteiger partial charge is 0.307 e. The van der Waals surface area contributed by atoms with Crippen molar-refractivity contribution in [3.8, 4) is 5.75 Å². The van der Waals surface area contributed by atoms with Gasteiger partial charge in [0.05, 0.1) is 18.1 Å². The molecule has 1 unspecified atom stereocenters. The number of hydrogen-bond donors (Lipinski definition) is 0. The average Bonchev–Trinajstić information content (AvgIpc) is 2.54. The quantitative estimate of drug-likeness (QED) is 0.613. The summed E-state index contributed by atoms with van der Waals surface area (Å²) in [7, 11) is 0. The fraction of sp³-hybridized carbons (Fsp3) is 0.529. The lowest BCUT2D eigenvalue weighted by molar-refractivity contribution is -0.144. The Morgan fingerprint density at radius 3 is 2.54 bits per heavy atom. The van der Waals surface area contributed by atoms with Gasteiger partial charge in [-0.15, -0.1) is 0 Å². The summed E-state index contributed by atoms with van der Waals surface area (Å²) in [6, 6.07) is 4.80. The van der Waals surface area contributed by atoms with Gasteiger partial charge in [-0.05, 0) is 38.5 Å². The second-order valence-electron chi connectivity index (χ2n) is 5.26. The molecule has 134 valence electrons. The van der Waals surface area contributed by atoms with Gasteiger partial charge < -0.3 is 14.4 Å². The Labute approximate surface area is 152 Å². The molecule has 1 amide bonds. The van der Waals surface area contributed by atoms with E-state index in [1.54, 1.807) is 30.0 Å². The Morgan fingerprint density at radius 1 is 1.25 bits per heavy atom. The van der Waals surface area contributed by atoms with Crippen molar-refractivity contribution in [1.82, 2.24) is 4.90 Å². The third-order valence-corrected chi connectivity index (χ3v) is 4.08. The van der Waals surface area contributed by atoms with E-state index in [4.69, 9.17) is 32.7 Å². The molecule has 0 radical (unpaired) electrons. The number of carbonyl (C=O) groups excluding carboxylic acids is 2. The Hall–Kier alpha value is -1.46. The predicted molar refractivity (Wildman–Crippen MR) is 94.7 cm³/mol. The molecule has 0 aliphatic carbocycles. The van der Waals surface area contributed by atoms with Crippen LogP contribution in [0, 0.1) is 0 Å². The third-order valence-electron chi connectivity index (χ3n) is 3.55. The zero-order chi connectivity index (χ0) is 18.1. The molecule has 0 bridgehead atoms. The summed E-state index contributed by atoms with van der Waals surface area (Å²) in [5, 5.41) is 0.839. The molecular formula is C17H23Cl2NO4. The molecule has 0 aliphatic heterocycles. The highest BCUT2D eigenvalue weighted by atomic mass is 35.5. The minimum Gasteiger partial charge on any atom is -0.482 e. The molecule has 0 aliphatic rings. The van der Waals surface area contributed by atoms with Crippen molar-refractivity contribution in [3.05, 3.63) is 28.2 Å². The number of nitrogens with zero attached hydrogens (tertiary/aromatic N) is 1. The summed E-state index contributed by atoms with van der Waals surface area (Å²) in [4.78, 5) is 25.6. The van der Waals surface area contributed by atoms with Gasteiger partial charge in [-0.25, -0.2) is 0 Å². The number of benzene rings is 1. The highest BCUT2D eigenvalue weighted by Crippen LogP contribution is 2.27. The molecule has 1 aromatic carbocycles. The predicted octanol–water partition coefficient (Wildman–Crippen LogP) is 3.95. The Kier molecular flexibility index (Phi) is 8.93. The zero-order valence-electron chi connectivity index (χ0n) is 14.2. The van der Waals surface area contributed by atoms with Crippen LogP contribution >= 0.6 is 23.2 Å². The molecule has 5 nitrogen and oxygen atoms in total. The molecule has 0 saturated heterocycles. The minimum atomic E-state index is -0.319. The van der Waals surface area contributed by atoms with Crippen molar-refractivity contribution in [2.75, 3.05) is 19.8 Å². The van der Waals surface area contributed by atoms with Crippen LogP contribution in [0.1, 0.15) is 33.6 Å². The standard InChI is InChI=1S/C17H23Cl2NO4/c1-4-12(3)20(9-8-17(22)23-5-2)16(21)11-24-15-7-6-13(18)10-14(15)19/h6-7,10,12H,4-5,8-9,11H2,1-3H3. The van der Waals surface area contributed by atoms with E-state index in [9.17, 15) is 9.59 Å². The van der Waals surface area contributed by atoms with Gasteiger partial charge in [0.2, 0.25) is 0 Å². The van der Waals surface area contributed by atoms with E-state index in [2.05, 4.69) is 0 Å². The number of esters is 1. The summed E-state index contributed by atoms with van der Waals surface area (Å²) >= 11 is 11.9. The van der Waals surface area contributed by atoms with Crippen LogP contribution in [0.15, 0.2) is 18.2 Å². The SMILES string of the molecule is CCOC(=O)CCN(C(=O)COc1ccc(Cl)cc1Cl)C(C)CC. The molecule has 0 heterocycles. The first kappa shape index (κ1) is 20.6. The van der Waals surface area contributed by atoms with Crippen molar-refractivity contribution >= 4 is 35.1 Å². The molecule has 1 atom stereocenters. The van der Waals surface area contributed by atoms with Crippen LogP contribution in [0.3, 0.4) is 0 Å². The van der Waals surface area contributed by atoms with E-state index >= 15 is 0 Å². The summed E-state index contributed by atoms with van der Waals surface area (Å²) in [6.45, 7) is 6.12. The van der Waals surface area contributed by atoms with Crippen molar-refractivity contribution in [3.63, 3.8) is 0 Å². The van der Waals surface area contributed by atoms with Crippen LogP contribution in [0.4, 0.5) is 0 Å². The van der Waals surface area contributed by atoms with E-state index < -0.39 is 0 Å². The van der Waals surface area contributed by atoms with Crippen LogP contribution in [0.5, 0.6) is 5.75 Å². The number of rotatable bonds is 9. The monoisotopic (exact) mass is 375 g/mol. The van der Waals surface area contributed by atoms with Crippen LogP contribution in [0.25, 0.3) is 0 Å². The Morgan fingerprint density at radius 2 is 1.96 bits per heavy atom. The van der Waals surface area contributed by atoms with E-state index in [-0.39, 0.29) is 30.9 Å². The summed E-state index contributed by atoms with van der Waals surface area (Å²) in [6.07, 6.45) is 0.932. The normalized spacial score (nSPS) is 11.7. The van der Waals surface area contributed by atoms with Crippen LogP contribution in [0.2, 0.25) is 10.0 Å². The van der Waals surface area contributed by atoms with Gasteiger partial charge in [-0.3, -0.25) is 9.59 Å². The lowest BCUT2D eigenvalue weighted by Gasteiger charge is -2.28. The average molecular weight is 376 g/mol. The fourth-order valence-electron chi connectivity index (χ4n) is 2.07. The van der Waals surface area contributed by atoms with E-state index in [0.29, 0.717) is 28.9 Å². The maximum absolute atomic E-state index is 12.4. The van der Waals surface area contributed by atoms with Crippen LogP contribution in [-0.2, 0) is 14.3 Å². The van der Waals surface area contributed by atoms with Gasteiger partial charge in [-0.2, -0.15) is 0 Å². The topological polar surface area (TPSA) is 55.8 Å². The first-order chi connectivity index (χ1) is 11.4. The molecule has 24 heavy (non-hydrogen) atoms. The van der Waals surface area contributed by atoms with E-state index in [1.807, 2.05) is 13.8 Å². The minimum absolute atomic E-state index is 0.00350. The van der Waals surface area contributed by atoms with Crippen molar-refractivity contribution in [2.24, 2.45) is 0 Å². The molecular weight excluding hydrogens is 353 g/mol. The molecule has 1 aromatic rings. The Bertz CT molecular complexity index is 566. The number of halogens is 2. The molecule has 7 heteroatoms. The highest BCUT2D eigenvalue weighted by molar-refractivity contribution is 6.35. The molecule has 0 aromatic heterocycles. The zero-order valence-corrected chi connectivity index (χ0v) is 15.7. The second-order valence-corrected chi connectivity index (χ2v) is 6.11. The molecule has 0 fully saturated rings. The van der Waals surface area contributed by atoms with Gasteiger partial charge in [0, 0.05) is 17.6 Å². The lowest BCUT2D eigenvalue weighted by Crippen LogP contribution is -2.42. The lowest BCUT2D eigenvalue weighted by atomic mass is 10.2.